The van der Waals surface area contributed by atoms with E-state index < -0.39 is 11.0 Å². The van der Waals surface area contributed by atoms with E-state index in [9.17, 15) is 19.7 Å². The lowest BCUT2D eigenvalue weighted by molar-refractivity contribution is -0.385. The molecule has 0 radical (unpaired) electrons. The lowest BCUT2D eigenvalue weighted by atomic mass is 10.1. The summed E-state index contributed by atoms with van der Waals surface area (Å²) in [5.74, 6) is 0. The minimum absolute atomic E-state index is 0.0412. The molecule has 0 saturated carbocycles. The molecule has 9 heteroatoms. The molecule has 0 atom stereocenters. The summed E-state index contributed by atoms with van der Waals surface area (Å²) in [4.78, 5) is 35.8. The van der Waals surface area contributed by atoms with Crippen LogP contribution in [0.1, 0.15) is 25.3 Å². The molecule has 0 spiro atoms. The summed E-state index contributed by atoms with van der Waals surface area (Å²) < 4.78 is 4.95. The molecule has 2 rings (SSSR count). The predicted octanol–water partition coefficient (Wildman–Crippen LogP) is 2.65. The maximum absolute atomic E-state index is 12.1. The molecule has 25 heavy (non-hydrogen) atoms. The van der Waals surface area contributed by atoms with E-state index in [0.717, 1.165) is 0 Å². The minimum atomic E-state index is -0.483. The number of nitro groups is 1. The highest BCUT2D eigenvalue weighted by molar-refractivity contribution is 5.90. The quantitative estimate of drug-likeness (QED) is 0.640. The highest BCUT2D eigenvalue weighted by Gasteiger charge is 2.24. The molecule has 136 valence electrons. The van der Waals surface area contributed by atoms with E-state index in [4.69, 9.17) is 4.74 Å². The van der Waals surface area contributed by atoms with Crippen LogP contribution in [0.4, 0.5) is 21.0 Å². The van der Waals surface area contributed by atoms with Gasteiger partial charge in [0.05, 0.1) is 11.5 Å². The number of nitrogens with one attached hydrogen (secondary N) is 2. The van der Waals surface area contributed by atoms with Crippen molar-refractivity contribution in [3.8, 4) is 0 Å². The second-order valence-electron chi connectivity index (χ2n) is 5.82. The Hall–Kier alpha value is -2.84. The number of anilines is 1. The van der Waals surface area contributed by atoms with E-state index in [1.54, 1.807) is 30.9 Å². The molecule has 1 aromatic rings. The third kappa shape index (κ3) is 5.07. The number of piperidine rings is 1. The summed E-state index contributed by atoms with van der Waals surface area (Å²) in [5.41, 5.74) is 0.849. The fourth-order valence-electron chi connectivity index (χ4n) is 2.66. The van der Waals surface area contributed by atoms with Gasteiger partial charge in [0.1, 0.15) is 0 Å². The molecule has 1 aliphatic heterocycles. The number of hydrogen-bond acceptors (Lipinski definition) is 5. The van der Waals surface area contributed by atoms with Crippen molar-refractivity contribution in [2.45, 2.75) is 32.7 Å². The summed E-state index contributed by atoms with van der Waals surface area (Å²) in [7, 11) is 0. The van der Waals surface area contributed by atoms with Gasteiger partial charge in [-0.25, -0.2) is 9.59 Å². The molecule has 1 saturated heterocycles. The maximum Gasteiger partial charge on any atom is 0.409 e. The number of urea groups is 1. The second kappa shape index (κ2) is 8.32. The summed E-state index contributed by atoms with van der Waals surface area (Å²) in [6.45, 7) is 4.76. The molecule has 3 amide bonds. The lowest BCUT2D eigenvalue weighted by Crippen LogP contribution is -2.47. The first-order chi connectivity index (χ1) is 11.9. The average Bonchev–Trinajstić information content (AvgIpc) is 2.57. The summed E-state index contributed by atoms with van der Waals surface area (Å²) in [6, 6.07) is 4.05. The van der Waals surface area contributed by atoms with Gasteiger partial charge in [0.15, 0.2) is 0 Å². The molecule has 0 unspecified atom stereocenters. The van der Waals surface area contributed by atoms with Crippen LogP contribution in [0.3, 0.4) is 0 Å². The van der Waals surface area contributed by atoms with Gasteiger partial charge in [-0.05, 0) is 32.8 Å². The van der Waals surface area contributed by atoms with Gasteiger partial charge in [0, 0.05) is 36.4 Å². The third-order valence-electron chi connectivity index (χ3n) is 4.02. The Morgan fingerprint density at radius 1 is 1.36 bits per heavy atom. The first-order valence-corrected chi connectivity index (χ1v) is 8.15. The number of rotatable bonds is 4. The van der Waals surface area contributed by atoms with Crippen LogP contribution in [-0.2, 0) is 4.74 Å². The molecule has 9 nitrogen and oxygen atoms in total. The van der Waals surface area contributed by atoms with Crippen molar-refractivity contribution in [2.75, 3.05) is 25.0 Å². The number of benzene rings is 1. The molecular weight excluding hydrogens is 328 g/mol. The van der Waals surface area contributed by atoms with Gasteiger partial charge in [0.2, 0.25) is 0 Å². The van der Waals surface area contributed by atoms with E-state index in [0.29, 0.717) is 43.8 Å². The van der Waals surface area contributed by atoms with E-state index in [2.05, 4.69) is 10.6 Å². The Bertz CT molecular complexity index is 656. The number of hydrogen-bond donors (Lipinski definition) is 2. The van der Waals surface area contributed by atoms with Crippen molar-refractivity contribution in [3.05, 3.63) is 33.9 Å². The second-order valence-corrected chi connectivity index (χ2v) is 5.82. The van der Waals surface area contributed by atoms with Crippen LogP contribution in [0.25, 0.3) is 0 Å². The predicted molar refractivity (Wildman–Crippen MR) is 91.6 cm³/mol. The number of ether oxygens (including phenoxy) is 1. The number of nitro benzene ring substituents is 1. The summed E-state index contributed by atoms with van der Waals surface area (Å²) >= 11 is 0. The van der Waals surface area contributed by atoms with Crippen molar-refractivity contribution in [2.24, 2.45) is 0 Å². The molecule has 1 fully saturated rings. The Labute approximate surface area is 145 Å². The number of nitrogens with zero attached hydrogens (tertiary/aromatic N) is 2. The Morgan fingerprint density at radius 2 is 2.04 bits per heavy atom. The van der Waals surface area contributed by atoms with Crippen LogP contribution in [0.5, 0.6) is 0 Å². The molecule has 1 heterocycles. The molecule has 0 aromatic heterocycles. The SMILES string of the molecule is CCOC(=O)N1CCC(NC(=O)Nc2ccc(C)c([N+](=O)[O-])c2)CC1. The van der Waals surface area contributed by atoms with Crippen LogP contribution in [-0.4, -0.2) is 47.7 Å². The summed E-state index contributed by atoms with van der Waals surface area (Å²) in [6.07, 6.45) is 0.915. The minimum Gasteiger partial charge on any atom is -0.450 e. The number of likely N-dealkylation sites (tertiary alicyclic amines) is 1. The average molecular weight is 350 g/mol. The third-order valence-corrected chi connectivity index (χ3v) is 4.02. The van der Waals surface area contributed by atoms with Gasteiger partial charge >= 0.3 is 12.1 Å². The smallest absolute Gasteiger partial charge is 0.409 e. The summed E-state index contributed by atoms with van der Waals surface area (Å²) in [5, 5.41) is 16.4. The number of carbonyl (C=O) groups excluding carboxylic acids is 2. The fraction of sp³-hybridized carbons (Fsp3) is 0.500. The van der Waals surface area contributed by atoms with E-state index in [-0.39, 0.29) is 17.8 Å². The molecular formula is C16H22N4O5. The lowest BCUT2D eigenvalue weighted by Gasteiger charge is -2.31. The zero-order valence-electron chi connectivity index (χ0n) is 14.3. The Morgan fingerprint density at radius 3 is 2.64 bits per heavy atom. The van der Waals surface area contributed by atoms with Crippen molar-refractivity contribution in [1.82, 2.24) is 10.2 Å². The van der Waals surface area contributed by atoms with E-state index in [1.807, 2.05) is 0 Å². The van der Waals surface area contributed by atoms with Crippen molar-refractivity contribution in [1.29, 1.82) is 0 Å². The Kier molecular flexibility index (Phi) is 6.15. The molecule has 1 aliphatic rings. The number of aryl methyl sites for hydroxylation is 1. The zero-order valence-corrected chi connectivity index (χ0v) is 14.3. The van der Waals surface area contributed by atoms with E-state index in [1.165, 1.54) is 6.07 Å². The highest BCUT2D eigenvalue weighted by atomic mass is 16.6. The van der Waals surface area contributed by atoms with Gasteiger partial charge in [-0.1, -0.05) is 6.07 Å². The highest BCUT2D eigenvalue weighted by Crippen LogP contribution is 2.22. The Balaban J connectivity index is 1.84. The largest absolute Gasteiger partial charge is 0.450 e. The fourth-order valence-corrected chi connectivity index (χ4v) is 2.66. The number of amides is 3. The van der Waals surface area contributed by atoms with Crippen LogP contribution in [0.2, 0.25) is 0 Å². The van der Waals surface area contributed by atoms with Crippen molar-refractivity contribution >= 4 is 23.5 Å². The zero-order chi connectivity index (χ0) is 18.4. The van der Waals surface area contributed by atoms with Crippen molar-refractivity contribution < 1.29 is 19.2 Å². The first-order valence-electron chi connectivity index (χ1n) is 8.15. The van der Waals surface area contributed by atoms with Gasteiger partial charge in [-0.2, -0.15) is 0 Å². The van der Waals surface area contributed by atoms with Crippen LogP contribution in [0, 0.1) is 17.0 Å². The molecule has 2 N–H and O–H groups in total. The monoisotopic (exact) mass is 350 g/mol. The van der Waals surface area contributed by atoms with Crippen LogP contribution >= 0.6 is 0 Å². The van der Waals surface area contributed by atoms with Crippen LogP contribution < -0.4 is 10.6 Å². The molecule has 0 aliphatic carbocycles. The number of carbonyl (C=O) groups is 2. The molecule has 0 bridgehead atoms. The normalized spacial score (nSPS) is 14.7. The van der Waals surface area contributed by atoms with Crippen molar-refractivity contribution in [3.63, 3.8) is 0 Å². The van der Waals surface area contributed by atoms with Gasteiger partial charge < -0.3 is 20.3 Å². The maximum atomic E-state index is 12.1. The molecule has 1 aromatic carbocycles. The first kappa shape index (κ1) is 18.5. The van der Waals surface area contributed by atoms with Crippen LogP contribution in [0.15, 0.2) is 18.2 Å². The van der Waals surface area contributed by atoms with Gasteiger partial charge in [-0.15, -0.1) is 0 Å². The topological polar surface area (TPSA) is 114 Å². The van der Waals surface area contributed by atoms with Gasteiger partial charge in [0.25, 0.3) is 5.69 Å². The van der Waals surface area contributed by atoms with Gasteiger partial charge in [-0.3, -0.25) is 10.1 Å². The standard InChI is InChI=1S/C16H22N4O5/c1-3-25-16(22)19-8-6-12(7-9-19)17-15(21)18-13-5-4-11(2)14(10-13)20(23)24/h4-5,10,12H,3,6-9H2,1-2H3,(H2,17,18,21). The van der Waals surface area contributed by atoms with E-state index >= 15 is 0 Å².